The molecule has 0 bridgehead atoms. The number of hydrogen-bond acceptors (Lipinski definition) is 2. The molecule has 50 heavy (non-hydrogen) atoms. The summed E-state index contributed by atoms with van der Waals surface area (Å²) in [4.78, 5) is 7.35. The number of fused-ring (bicyclic) bond motifs is 8. The fraction of sp³-hybridized carbons (Fsp3) is 0.318. The molecule has 4 aromatic heterocycles. The summed E-state index contributed by atoms with van der Waals surface area (Å²) >= 11 is 0. The Balaban J connectivity index is 0.882. The quantitative estimate of drug-likeness (QED) is 0.107. The van der Waals surface area contributed by atoms with Gasteiger partial charge in [0, 0.05) is 68.3 Å². The second-order valence-electron chi connectivity index (χ2n) is 14.2. The Bertz CT molecular complexity index is 2400. The Labute approximate surface area is 293 Å². The van der Waals surface area contributed by atoms with Gasteiger partial charge < -0.3 is 19.4 Å². The van der Waals surface area contributed by atoms with Gasteiger partial charge in [0.25, 0.3) is 0 Å². The minimum atomic E-state index is 0.894. The van der Waals surface area contributed by atoms with Crippen molar-refractivity contribution >= 4 is 65.2 Å². The van der Waals surface area contributed by atoms with Crippen LogP contribution in [-0.4, -0.2) is 24.2 Å². The van der Waals surface area contributed by atoms with Crippen LogP contribution in [0.4, 0.5) is 0 Å². The fourth-order valence-electron chi connectivity index (χ4n) is 8.38. The van der Waals surface area contributed by atoms with Gasteiger partial charge in [0.2, 0.25) is 0 Å². The van der Waals surface area contributed by atoms with E-state index in [9.17, 15) is 0 Å². The molecular weight excluding hydrogens is 617 g/mol. The van der Waals surface area contributed by atoms with E-state index in [-0.39, 0.29) is 0 Å². The van der Waals surface area contributed by atoms with Crippen LogP contribution in [0.5, 0.6) is 11.5 Å². The van der Waals surface area contributed by atoms with E-state index in [1.54, 1.807) is 14.2 Å². The highest BCUT2D eigenvalue weighted by Gasteiger charge is 2.19. The molecule has 4 aromatic carbocycles. The molecule has 0 fully saturated rings. The van der Waals surface area contributed by atoms with E-state index in [1.807, 2.05) is 12.1 Å². The van der Waals surface area contributed by atoms with E-state index in [1.165, 1.54) is 115 Å². The van der Waals surface area contributed by atoms with Gasteiger partial charge in [0.05, 0.1) is 25.3 Å². The van der Waals surface area contributed by atoms with Crippen LogP contribution in [0.2, 0.25) is 0 Å². The van der Waals surface area contributed by atoms with Crippen LogP contribution in [-0.2, 0) is 13.1 Å². The number of rotatable bonds is 11. The lowest BCUT2D eigenvalue weighted by atomic mass is 9.97. The number of aromatic nitrogens is 4. The van der Waals surface area contributed by atoms with Crippen LogP contribution in [0.1, 0.15) is 60.8 Å². The first-order valence-electron chi connectivity index (χ1n) is 18.2. The van der Waals surface area contributed by atoms with E-state index < -0.39 is 0 Å². The van der Waals surface area contributed by atoms with Crippen LogP contribution in [0.3, 0.4) is 0 Å². The molecule has 254 valence electrons. The summed E-state index contributed by atoms with van der Waals surface area (Å²) in [5, 5.41) is 10.4. The molecule has 8 rings (SSSR count). The van der Waals surface area contributed by atoms with Crippen LogP contribution in [0, 0.1) is 27.7 Å². The van der Waals surface area contributed by atoms with E-state index in [2.05, 4.69) is 108 Å². The molecule has 0 atom stereocenters. The lowest BCUT2D eigenvalue weighted by Gasteiger charge is -2.09. The SMILES string of the molecule is COc1ccc2[nH]c3c(C)c4cc[n+](CCCCCCCC[n+]5ccc6c(C)c7[nH]c8ccc(OC)cc8c7c(C)c6c5)cc4c(C)c3c2c1. The van der Waals surface area contributed by atoms with Crippen molar-refractivity contribution in [2.24, 2.45) is 0 Å². The fourth-order valence-corrected chi connectivity index (χ4v) is 8.38. The first-order chi connectivity index (χ1) is 24.4. The van der Waals surface area contributed by atoms with Crippen LogP contribution in [0.15, 0.2) is 73.3 Å². The zero-order chi connectivity index (χ0) is 34.5. The molecule has 0 aliphatic heterocycles. The highest BCUT2D eigenvalue weighted by atomic mass is 16.5. The number of H-pyrrole nitrogens is 2. The van der Waals surface area contributed by atoms with Gasteiger partial charge in [-0.15, -0.1) is 0 Å². The Morgan fingerprint density at radius 1 is 0.480 bits per heavy atom. The molecule has 6 heteroatoms. The number of unbranched alkanes of at least 4 members (excludes halogenated alkanes) is 5. The number of benzene rings is 4. The summed E-state index contributed by atoms with van der Waals surface area (Å²) in [6.45, 7) is 11.1. The zero-order valence-electron chi connectivity index (χ0n) is 30.3. The summed E-state index contributed by atoms with van der Waals surface area (Å²) in [6.07, 6.45) is 16.7. The van der Waals surface area contributed by atoms with E-state index in [0.717, 1.165) is 35.6 Å². The number of nitrogens with zero attached hydrogens (tertiary/aromatic N) is 2. The second-order valence-corrected chi connectivity index (χ2v) is 14.2. The summed E-state index contributed by atoms with van der Waals surface area (Å²) in [6, 6.07) is 17.2. The second kappa shape index (κ2) is 13.0. The van der Waals surface area contributed by atoms with Gasteiger partial charge in [-0.1, -0.05) is 12.8 Å². The predicted molar refractivity (Wildman–Crippen MR) is 207 cm³/mol. The number of nitrogens with one attached hydrogen (secondary N) is 2. The zero-order valence-corrected chi connectivity index (χ0v) is 30.3. The Morgan fingerprint density at radius 2 is 0.900 bits per heavy atom. The molecule has 2 N–H and O–H groups in total. The number of aromatic amines is 2. The van der Waals surface area contributed by atoms with Gasteiger partial charge in [0.15, 0.2) is 24.8 Å². The Kier molecular flexibility index (Phi) is 8.34. The average Bonchev–Trinajstić information content (AvgIpc) is 3.73. The van der Waals surface area contributed by atoms with Crippen molar-refractivity contribution < 1.29 is 18.6 Å². The monoisotopic (exact) mass is 664 g/mol. The smallest absolute Gasteiger partial charge is 0.176 e. The van der Waals surface area contributed by atoms with Crippen LogP contribution < -0.4 is 18.6 Å². The lowest BCUT2D eigenvalue weighted by molar-refractivity contribution is -0.696. The maximum atomic E-state index is 5.55. The average molecular weight is 665 g/mol. The maximum absolute atomic E-state index is 5.55. The van der Waals surface area contributed by atoms with Crippen molar-refractivity contribution in [1.29, 1.82) is 0 Å². The maximum Gasteiger partial charge on any atom is 0.176 e. The standard InChI is InChI=1S/C44H46N4O2/c1-27-37-25-47(21-17-33(37)29(3)43-41(27)35-23-31(49-5)13-15-39(35)45-43)19-11-9-7-8-10-12-20-48-22-18-34-30(4)44-42(28(2)38(34)26-48)36-24-32(50-6)14-16-40(36)46-44/h13-18,21-26H,7-12,19-20H2,1-6H3/p+2. The van der Waals surface area contributed by atoms with Crippen molar-refractivity contribution in [2.75, 3.05) is 14.2 Å². The summed E-state index contributed by atoms with van der Waals surface area (Å²) in [5.41, 5.74) is 10.1. The number of methoxy groups -OCH3 is 2. The predicted octanol–water partition coefficient (Wildman–Crippen LogP) is 10.1. The van der Waals surface area contributed by atoms with Crippen LogP contribution in [0.25, 0.3) is 65.2 Å². The third kappa shape index (κ3) is 5.42. The first-order valence-corrected chi connectivity index (χ1v) is 18.2. The molecule has 0 spiro atoms. The van der Waals surface area contributed by atoms with Crippen molar-refractivity contribution in [2.45, 2.75) is 79.3 Å². The molecule has 0 aliphatic rings. The van der Waals surface area contributed by atoms with E-state index in [0.29, 0.717) is 0 Å². The third-order valence-electron chi connectivity index (χ3n) is 11.2. The van der Waals surface area contributed by atoms with Crippen LogP contribution >= 0.6 is 0 Å². The van der Waals surface area contributed by atoms with Gasteiger partial charge in [-0.05, 0) is 110 Å². The third-order valence-corrected chi connectivity index (χ3v) is 11.2. The summed E-state index contributed by atoms with van der Waals surface area (Å²) < 4.78 is 15.9. The van der Waals surface area contributed by atoms with E-state index >= 15 is 0 Å². The van der Waals surface area contributed by atoms with Crippen molar-refractivity contribution in [1.82, 2.24) is 9.97 Å². The highest BCUT2D eigenvalue weighted by Crippen LogP contribution is 2.38. The van der Waals surface area contributed by atoms with Crippen molar-refractivity contribution in [3.63, 3.8) is 0 Å². The minimum absolute atomic E-state index is 0.894. The molecule has 0 amide bonds. The molecule has 0 unspecified atom stereocenters. The molecule has 4 heterocycles. The van der Waals surface area contributed by atoms with Crippen molar-refractivity contribution in [3.8, 4) is 11.5 Å². The normalized spacial score (nSPS) is 12.0. The summed E-state index contributed by atoms with van der Waals surface area (Å²) in [5.74, 6) is 1.79. The Morgan fingerprint density at radius 3 is 1.32 bits per heavy atom. The van der Waals surface area contributed by atoms with E-state index in [4.69, 9.17) is 9.47 Å². The van der Waals surface area contributed by atoms with Gasteiger partial charge in [-0.25, -0.2) is 9.13 Å². The van der Waals surface area contributed by atoms with Crippen molar-refractivity contribution in [3.05, 3.63) is 95.6 Å². The van der Waals surface area contributed by atoms with Gasteiger partial charge in [-0.2, -0.15) is 0 Å². The van der Waals surface area contributed by atoms with Gasteiger partial charge in [-0.3, -0.25) is 0 Å². The molecular formula is C44H48N4O2+2. The Hall–Kier alpha value is -5.10. The summed E-state index contributed by atoms with van der Waals surface area (Å²) in [7, 11) is 3.47. The topological polar surface area (TPSA) is 57.8 Å². The lowest BCUT2D eigenvalue weighted by Crippen LogP contribution is -2.32. The van der Waals surface area contributed by atoms with Gasteiger partial charge in [0.1, 0.15) is 24.6 Å². The van der Waals surface area contributed by atoms with Gasteiger partial charge >= 0.3 is 0 Å². The number of pyridine rings is 2. The number of hydrogen-bond donors (Lipinski definition) is 2. The minimum Gasteiger partial charge on any atom is -0.497 e. The molecule has 0 saturated heterocycles. The molecule has 8 aromatic rings. The highest BCUT2D eigenvalue weighted by molar-refractivity contribution is 6.17. The first kappa shape index (κ1) is 32.1. The molecule has 0 saturated carbocycles. The largest absolute Gasteiger partial charge is 0.497 e. The molecule has 6 nitrogen and oxygen atoms in total. The molecule has 0 radical (unpaired) electrons. The number of aryl methyl sites for hydroxylation is 6. The number of ether oxygens (including phenoxy) is 2. The molecule has 0 aliphatic carbocycles.